The summed E-state index contributed by atoms with van der Waals surface area (Å²) in [6.45, 7) is 2.63. The molecular weight excluding hydrogens is 437 g/mol. The minimum atomic E-state index is -0.477. The summed E-state index contributed by atoms with van der Waals surface area (Å²) in [5.41, 5.74) is 2.13. The second-order valence-electron chi connectivity index (χ2n) is 9.59. The highest BCUT2D eigenvalue weighted by atomic mass is 35.5. The molecule has 7 heteroatoms. The smallest absolute Gasteiger partial charge is 0.255 e. The molecule has 1 unspecified atom stereocenters. The fourth-order valence-corrected chi connectivity index (χ4v) is 6.42. The summed E-state index contributed by atoms with van der Waals surface area (Å²) >= 11 is 13.0. The van der Waals surface area contributed by atoms with Crippen molar-refractivity contribution in [3.63, 3.8) is 0 Å². The molecule has 5 nitrogen and oxygen atoms in total. The van der Waals surface area contributed by atoms with Gasteiger partial charge in [0.1, 0.15) is 24.0 Å². The summed E-state index contributed by atoms with van der Waals surface area (Å²) in [5.74, 6) is 1.50. The van der Waals surface area contributed by atoms with Gasteiger partial charge in [-0.1, -0.05) is 34.4 Å². The molecule has 164 valence electrons. The van der Waals surface area contributed by atoms with E-state index in [1.807, 2.05) is 18.2 Å². The van der Waals surface area contributed by atoms with E-state index in [0.29, 0.717) is 45.7 Å². The largest absolute Gasteiger partial charge is 0.456 e. The van der Waals surface area contributed by atoms with Crippen LogP contribution in [0.1, 0.15) is 62.7 Å². The van der Waals surface area contributed by atoms with Crippen LogP contribution >= 0.6 is 23.2 Å². The van der Waals surface area contributed by atoms with Crippen molar-refractivity contribution in [2.75, 3.05) is 0 Å². The molecule has 1 aromatic heterocycles. The highest BCUT2D eigenvalue weighted by Crippen LogP contribution is 2.58. The first-order valence-electron chi connectivity index (χ1n) is 11.1. The molecule has 0 N–H and O–H groups in total. The predicted molar refractivity (Wildman–Crippen MR) is 117 cm³/mol. The number of rotatable bonds is 5. The molecular formula is C24H25Cl2NO4. The minimum Gasteiger partial charge on any atom is -0.456 e. The molecule has 3 saturated carbocycles. The summed E-state index contributed by atoms with van der Waals surface area (Å²) in [6.07, 6.45) is 9.61. The van der Waals surface area contributed by atoms with Gasteiger partial charge in [0.2, 0.25) is 0 Å². The Morgan fingerprint density at radius 2 is 1.68 bits per heavy atom. The third kappa shape index (κ3) is 3.20. The van der Waals surface area contributed by atoms with Crippen molar-refractivity contribution in [3.8, 4) is 11.3 Å². The van der Waals surface area contributed by atoms with Gasteiger partial charge in [0.05, 0.1) is 22.3 Å². The van der Waals surface area contributed by atoms with Crippen LogP contribution in [0.25, 0.3) is 11.3 Å². The van der Waals surface area contributed by atoms with Crippen LogP contribution in [0.2, 0.25) is 10.0 Å². The summed E-state index contributed by atoms with van der Waals surface area (Å²) in [5, 5.41) is 5.52. The molecule has 0 amide bonds. The average Bonchev–Trinajstić information content (AvgIpc) is 3.26. The van der Waals surface area contributed by atoms with E-state index < -0.39 is 5.79 Å². The zero-order valence-electron chi connectivity index (χ0n) is 17.4. The van der Waals surface area contributed by atoms with Crippen LogP contribution in [0.15, 0.2) is 35.2 Å². The zero-order valence-corrected chi connectivity index (χ0v) is 18.9. The quantitative estimate of drug-likeness (QED) is 0.487. The van der Waals surface area contributed by atoms with E-state index >= 15 is 0 Å². The van der Waals surface area contributed by atoms with Gasteiger partial charge in [-0.3, -0.25) is 0 Å². The van der Waals surface area contributed by atoms with Crippen molar-refractivity contribution < 1.29 is 18.7 Å². The number of ether oxygens (including phenoxy) is 3. The molecule has 31 heavy (non-hydrogen) atoms. The molecule has 0 saturated heterocycles. The summed E-state index contributed by atoms with van der Waals surface area (Å²) < 4.78 is 24.4. The number of hydrogen-bond donors (Lipinski definition) is 0. The maximum atomic E-state index is 6.64. The number of nitrogens with zero attached hydrogens (tertiary/aromatic N) is 1. The Kier molecular flexibility index (Phi) is 4.61. The second kappa shape index (κ2) is 7.16. The third-order valence-corrected chi connectivity index (χ3v) is 8.08. The molecule has 3 atom stereocenters. The Bertz CT molecular complexity index is 1000. The first kappa shape index (κ1) is 20.0. The van der Waals surface area contributed by atoms with Crippen molar-refractivity contribution in [3.05, 3.63) is 52.1 Å². The van der Waals surface area contributed by atoms with Gasteiger partial charge in [-0.15, -0.1) is 0 Å². The van der Waals surface area contributed by atoms with Crippen molar-refractivity contribution in [2.24, 2.45) is 11.8 Å². The molecule has 1 aromatic carbocycles. The van der Waals surface area contributed by atoms with Crippen LogP contribution < -0.4 is 0 Å². The molecule has 1 aliphatic heterocycles. The topological polar surface area (TPSA) is 53.7 Å². The average molecular weight is 462 g/mol. The standard InChI is InChI=1S/C24H25Cl2NO4/c1-23(11-15-7-8-16(12-23)24(15)28-9-10-29-24)30-13-17-21(27-31-22(17)14-5-6-14)20-18(25)3-2-4-19(20)26/h2-4,9-10,14-16H,5-8,11-13H2,1H3/t15-,16+,23?. The Morgan fingerprint density at radius 3 is 2.29 bits per heavy atom. The van der Waals surface area contributed by atoms with Crippen molar-refractivity contribution in [2.45, 2.75) is 69.4 Å². The lowest BCUT2D eigenvalue weighted by molar-refractivity contribution is -0.243. The van der Waals surface area contributed by atoms with Crippen molar-refractivity contribution in [1.82, 2.24) is 5.16 Å². The van der Waals surface area contributed by atoms with E-state index in [-0.39, 0.29) is 5.60 Å². The lowest BCUT2D eigenvalue weighted by Crippen LogP contribution is -2.52. The maximum Gasteiger partial charge on any atom is 0.255 e. The highest BCUT2D eigenvalue weighted by Gasteiger charge is 2.62. The first-order chi connectivity index (χ1) is 15.0. The Hall–Kier alpha value is -1.69. The van der Waals surface area contributed by atoms with E-state index in [1.165, 1.54) is 0 Å². The number of halogens is 2. The Balaban J connectivity index is 1.28. The Morgan fingerprint density at radius 1 is 1.03 bits per heavy atom. The first-order valence-corrected chi connectivity index (χ1v) is 11.8. The SMILES string of the molecule is CC1(OCc2c(-c3c(Cl)cccc3Cl)noc2C2CC2)C[C@H]2CC[C@@H](C1)C21OC=CO1. The van der Waals surface area contributed by atoms with Gasteiger partial charge >= 0.3 is 0 Å². The molecule has 3 aliphatic carbocycles. The van der Waals surface area contributed by atoms with E-state index in [1.54, 1.807) is 12.5 Å². The van der Waals surface area contributed by atoms with Crippen LogP contribution in [0.4, 0.5) is 0 Å². The van der Waals surface area contributed by atoms with Gasteiger partial charge in [-0.05, 0) is 57.6 Å². The van der Waals surface area contributed by atoms with Crippen molar-refractivity contribution >= 4 is 23.2 Å². The number of benzene rings is 1. The minimum absolute atomic E-state index is 0.258. The molecule has 3 fully saturated rings. The highest BCUT2D eigenvalue weighted by molar-refractivity contribution is 6.39. The lowest BCUT2D eigenvalue weighted by Gasteiger charge is -2.46. The van der Waals surface area contributed by atoms with Gasteiger partial charge in [-0.2, -0.15) is 0 Å². The molecule has 2 bridgehead atoms. The maximum absolute atomic E-state index is 6.64. The summed E-state index contributed by atoms with van der Waals surface area (Å²) in [6, 6.07) is 5.49. The van der Waals surface area contributed by atoms with E-state index in [9.17, 15) is 0 Å². The normalized spacial score (nSPS) is 30.5. The van der Waals surface area contributed by atoms with Crippen molar-refractivity contribution in [1.29, 1.82) is 0 Å². The number of hydrogen-bond acceptors (Lipinski definition) is 5. The molecule has 4 aliphatic rings. The lowest BCUT2D eigenvalue weighted by atomic mass is 9.74. The van der Waals surface area contributed by atoms with E-state index in [4.69, 9.17) is 41.9 Å². The Labute approximate surface area is 191 Å². The summed E-state index contributed by atoms with van der Waals surface area (Å²) in [7, 11) is 0. The van der Waals surface area contributed by atoms with Crippen LogP contribution in [-0.2, 0) is 20.8 Å². The fraction of sp³-hybridized carbons (Fsp3) is 0.542. The fourth-order valence-electron chi connectivity index (χ4n) is 5.85. The molecule has 6 rings (SSSR count). The van der Waals surface area contributed by atoms with Crippen LogP contribution in [-0.4, -0.2) is 16.5 Å². The zero-order chi connectivity index (χ0) is 21.2. The molecule has 1 spiro atoms. The van der Waals surface area contributed by atoms with Gasteiger partial charge in [0.15, 0.2) is 0 Å². The van der Waals surface area contributed by atoms with Crippen LogP contribution in [0, 0.1) is 11.8 Å². The molecule has 0 radical (unpaired) electrons. The van der Waals surface area contributed by atoms with Crippen LogP contribution in [0.5, 0.6) is 0 Å². The van der Waals surface area contributed by atoms with Gasteiger partial charge < -0.3 is 18.7 Å². The monoisotopic (exact) mass is 461 g/mol. The van der Waals surface area contributed by atoms with Gasteiger partial charge in [-0.25, -0.2) is 0 Å². The predicted octanol–water partition coefficient (Wildman–Crippen LogP) is 6.84. The molecule has 2 aromatic rings. The molecule has 2 heterocycles. The summed E-state index contributed by atoms with van der Waals surface area (Å²) in [4.78, 5) is 0. The number of aromatic nitrogens is 1. The van der Waals surface area contributed by atoms with E-state index in [2.05, 4.69) is 12.1 Å². The third-order valence-electron chi connectivity index (χ3n) is 7.45. The second-order valence-corrected chi connectivity index (χ2v) is 10.4. The van der Waals surface area contributed by atoms with Crippen LogP contribution in [0.3, 0.4) is 0 Å². The van der Waals surface area contributed by atoms with E-state index in [0.717, 1.165) is 49.8 Å². The van der Waals surface area contributed by atoms with Gasteiger partial charge in [0.25, 0.3) is 5.79 Å². The van der Waals surface area contributed by atoms with Gasteiger partial charge in [0, 0.05) is 28.9 Å².